The van der Waals surface area contributed by atoms with Gasteiger partial charge in [0, 0.05) is 0 Å². The highest BCUT2D eigenvalue weighted by atomic mass is 16.1. The van der Waals surface area contributed by atoms with E-state index >= 15 is 0 Å². The lowest BCUT2D eigenvalue weighted by atomic mass is 10.5. The van der Waals surface area contributed by atoms with Gasteiger partial charge in [0.15, 0.2) is 11.7 Å². The summed E-state index contributed by atoms with van der Waals surface area (Å²) in [6, 6.07) is 0. The van der Waals surface area contributed by atoms with Crippen molar-refractivity contribution in [3.8, 4) is 0 Å². The summed E-state index contributed by atoms with van der Waals surface area (Å²) in [4.78, 5) is 14.1. The van der Waals surface area contributed by atoms with Gasteiger partial charge in [0.25, 0.3) is 0 Å². The predicted molar refractivity (Wildman–Crippen MR) is 36.5 cm³/mol. The van der Waals surface area contributed by atoms with Crippen molar-refractivity contribution in [3.05, 3.63) is 11.9 Å². The molecule has 0 aliphatic carbocycles. The van der Waals surface area contributed by atoms with Crippen molar-refractivity contribution in [2.45, 2.75) is 0 Å². The van der Waals surface area contributed by atoms with Crippen molar-refractivity contribution < 1.29 is 4.79 Å². The number of nitrogens with one attached hydrogen (secondary N) is 1. The minimum Gasteiger partial charge on any atom is -0.370 e. The number of aromatic amines is 1. The maximum absolute atomic E-state index is 10.8. The molecule has 1 amide bonds. The summed E-state index contributed by atoms with van der Waals surface area (Å²) in [7, 11) is 0. The molecule has 0 fully saturated rings. The predicted octanol–water partition coefficient (Wildman–Crippen LogP) is -1.78. The van der Waals surface area contributed by atoms with E-state index in [0.29, 0.717) is 0 Å². The lowest BCUT2D eigenvalue weighted by Gasteiger charge is -1.86. The molecule has 7 heteroatoms. The molecular formula is C4H6N6O. The number of hydrogen-bond donors (Lipinski definition) is 3. The standard InChI is InChI=1S/C4H6N6O/c5-4(6)8-3(11)2-1-7-10-9-2/h1H,(H,7,9,10)(H4,5,6,8,11). The highest BCUT2D eigenvalue weighted by Gasteiger charge is 2.05. The van der Waals surface area contributed by atoms with Crippen LogP contribution in [0.5, 0.6) is 0 Å². The second kappa shape index (κ2) is 2.78. The minimum absolute atomic E-state index is 0.0819. The molecule has 7 nitrogen and oxygen atoms in total. The van der Waals surface area contributed by atoms with Gasteiger partial charge in [-0.25, -0.2) is 0 Å². The maximum atomic E-state index is 10.8. The molecule has 0 radical (unpaired) electrons. The molecule has 0 aromatic carbocycles. The highest BCUT2D eigenvalue weighted by Crippen LogP contribution is 1.90. The summed E-state index contributed by atoms with van der Waals surface area (Å²) < 4.78 is 0. The Balaban J connectivity index is 2.80. The van der Waals surface area contributed by atoms with E-state index in [-0.39, 0.29) is 11.7 Å². The summed E-state index contributed by atoms with van der Waals surface area (Å²) in [5.74, 6) is -0.906. The summed E-state index contributed by atoms with van der Waals surface area (Å²) in [5.41, 5.74) is 9.98. The van der Waals surface area contributed by atoms with Gasteiger partial charge in [-0.05, 0) is 0 Å². The Morgan fingerprint density at radius 3 is 2.82 bits per heavy atom. The SMILES string of the molecule is NC(N)=NC(=O)c1c[nH]nn1. The molecule has 1 heterocycles. The fourth-order valence-corrected chi connectivity index (χ4v) is 0.481. The Kier molecular flexibility index (Phi) is 1.81. The van der Waals surface area contributed by atoms with Crippen molar-refractivity contribution in [1.29, 1.82) is 0 Å². The Labute approximate surface area is 61.5 Å². The molecule has 5 N–H and O–H groups in total. The van der Waals surface area contributed by atoms with Crippen molar-refractivity contribution >= 4 is 11.9 Å². The maximum Gasteiger partial charge on any atom is 0.302 e. The Morgan fingerprint density at radius 2 is 2.36 bits per heavy atom. The minimum atomic E-state index is -0.612. The van der Waals surface area contributed by atoms with Gasteiger partial charge in [0.1, 0.15) is 0 Å². The van der Waals surface area contributed by atoms with Gasteiger partial charge in [0.2, 0.25) is 0 Å². The molecule has 0 atom stereocenters. The van der Waals surface area contributed by atoms with E-state index in [0.717, 1.165) is 0 Å². The number of nitrogens with two attached hydrogens (primary N) is 2. The first-order valence-corrected chi connectivity index (χ1v) is 2.70. The smallest absolute Gasteiger partial charge is 0.302 e. The van der Waals surface area contributed by atoms with Crippen LogP contribution >= 0.6 is 0 Å². The third-order valence-corrected chi connectivity index (χ3v) is 0.867. The molecule has 0 aliphatic rings. The first-order chi connectivity index (χ1) is 5.20. The van der Waals surface area contributed by atoms with E-state index in [9.17, 15) is 4.79 Å². The number of rotatable bonds is 1. The van der Waals surface area contributed by atoms with E-state index in [2.05, 4.69) is 20.4 Å². The summed E-state index contributed by atoms with van der Waals surface area (Å²) in [6.45, 7) is 0. The zero-order valence-electron chi connectivity index (χ0n) is 5.48. The Morgan fingerprint density at radius 1 is 1.64 bits per heavy atom. The Hall–Kier alpha value is -1.92. The number of aromatic nitrogens is 3. The number of hydrogen-bond acceptors (Lipinski definition) is 3. The summed E-state index contributed by atoms with van der Waals surface area (Å²) in [5, 5.41) is 9.05. The monoisotopic (exact) mass is 154 g/mol. The Bertz CT molecular complexity index is 271. The van der Waals surface area contributed by atoms with Gasteiger partial charge in [-0.3, -0.25) is 9.89 Å². The topological polar surface area (TPSA) is 123 Å². The van der Waals surface area contributed by atoms with Gasteiger partial charge in [0.05, 0.1) is 6.20 Å². The van der Waals surface area contributed by atoms with Gasteiger partial charge >= 0.3 is 5.91 Å². The fraction of sp³-hybridized carbons (Fsp3) is 0. The zero-order chi connectivity index (χ0) is 8.27. The normalized spacial score (nSPS) is 9.09. The number of amides is 1. The largest absolute Gasteiger partial charge is 0.370 e. The lowest BCUT2D eigenvalue weighted by molar-refractivity contribution is 0.0998. The summed E-state index contributed by atoms with van der Waals surface area (Å²) in [6.07, 6.45) is 1.30. The van der Waals surface area contributed by atoms with Crippen LogP contribution in [-0.4, -0.2) is 27.3 Å². The third-order valence-electron chi connectivity index (χ3n) is 0.867. The first-order valence-electron chi connectivity index (χ1n) is 2.70. The molecule has 1 rings (SSSR count). The van der Waals surface area contributed by atoms with Crippen LogP contribution in [0.4, 0.5) is 0 Å². The third kappa shape index (κ3) is 1.75. The van der Waals surface area contributed by atoms with Gasteiger partial charge in [-0.1, -0.05) is 5.21 Å². The van der Waals surface area contributed by atoms with Gasteiger partial charge < -0.3 is 11.5 Å². The van der Waals surface area contributed by atoms with Crippen LogP contribution in [-0.2, 0) is 0 Å². The van der Waals surface area contributed by atoms with Crippen LogP contribution in [0.1, 0.15) is 10.5 Å². The van der Waals surface area contributed by atoms with Crippen LogP contribution in [0, 0.1) is 0 Å². The van der Waals surface area contributed by atoms with Crippen LogP contribution < -0.4 is 11.5 Å². The first kappa shape index (κ1) is 7.19. The molecule has 0 spiro atoms. The molecule has 58 valence electrons. The van der Waals surface area contributed by atoms with Crippen molar-refractivity contribution in [2.24, 2.45) is 16.5 Å². The fourth-order valence-electron chi connectivity index (χ4n) is 0.481. The van der Waals surface area contributed by atoms with E-state index < -0.39 is 5.91 Å². The van der Waals surface area contributed by atoms with Crippen molar-refractivity contribution in [2.75, 3.05) is 0 Å². The van der Waals surface area contributed by atoms with E-state index in [1.807, 2.05) is 0 Å². The second-order valence-corrected chi connectivity index (χ2v) is 1.70. The number of carbonyl (C=O) groups is 1. The average Bonchev–Trinajstić information content (AvgIpc) is 2.35. The highest BCUT2D eigenvalue weighted by molar-refractivity contribution is 6.00. The van der Waals surface area contributed by atoms with Crippen LogP contribution in [0.2, 0.25) is 0 Å². The van der Waals surface area contributed by atoms with E-state index in [1.165, 1.54) is 6.20 Å². The van der Waals surface area contributed by atoms with E-state index in [4.69, 9.17) is 11.5 Å². The molecule has 0 saturated carbocycles. The molecule has 1 aromatic heterocycles. The number of aliphatic imine (C=N–C) groups is 1. The van der Waals surface area contributed by atoms with Crippen LogP contribution in [0.15, 0.2) is 11.2 Å². The van der Waals surface area contributed by atoms with Gasteiger partial charge in [-0.15, -0.1) is 5.10 Å². The van der Waals surface area contributed by atoms with Crippen molar-refractivity contribution in [1.82, 2.24) is 15.4 Å². The molecular weight excluding hydrogens is 148 g/mol. The molecule has 1 aromatic rings. The number of H-pyrrole nitrogens is 1. The molecule has 0 unspecified atom stereocenters. The van der Waals surface area contributed by atoms with E-state index in [1.54, 1.807) is 0 Å². The van der Waals surface area contributed by atoms with Crippen LogP contribution in [0.3, 0.4) is 0 Å². The zero-order valence-corrected chi connectivity index (χ0v) is 5.48. The molecule has 0 aliphatic heterocycles. The number of carbonyl (C=O) groups excluding carboxylic acids is 1. The van der Waals surface area contributed by atoms with Crippen molar-refractivity contribution in [3.63, 3.8) is 0 Å². The molecule has 0 saturated heterocycles. The molecule has 0 bridgehead atoms. The lowest BCUT2D eigenvalue weighted by Crippen LogP contribution is -2.24. The van der Waals surface area contributed by atoms with Gasteiger partial charge in [-0.2, -0.15) is 4.99 Å². The quantitative estimate of drug-likeness (QED) is 0.326. The van der Waals surface area contributed by atoms with Crippen LogP contribution in [0.25, 0.3) is 0 Å². The average molecular weight is 154 g/mol. The summed E-state index contributed by atoms with van der Waals surface area (Å²) >= 11 is 0. The number of nitrogens with zero attached hydrogens (tertiary/aromatic N) is 3. The second-order valence-electron chi connectivity index (χ2n) is 1.70. The molecule has 11 heavy (non-hydrogen) atoms. The number of guanidine groups is 1.